The van der Waals surface area contributed by atoms with Gasteiger partial charge in [0.1, 0.15) is 0 Å². The Labute approximate surface area is 119 Å². The molecule has 0 aliphatic carbocycles. The van der Waals surface area contributed by atoms with Gasteiger partial charge in [-0.2, -0.15) is 12.8 Å². The monoisotopic (exact) mass is 252 g/mol. The molecule has 0 amide bonds. The lowest BCUT2D eigenvalue weighted by Gasteiger charge is -1.92. The van der Waals surface area contributed by atoms with Crippen LogP contribution in [-0.4, -0.2) is 0 Å². The van der Waals surface area contributed by atoms with Crippen LogP contribution in [0.4, 0.5) is 0 Å². The summed E-state index contributed by atoms with van der Waals surface area (Å²) in [6.45, 7) is 26.9. The van der Waals surface area contributed by atoms with E-state index in [0.29, 0.717) is 0 Å². The zero-order chi connectivity index (χ0) is 15.1. The minimum absolute atomic E-state index is 1.08. The molecule has 0 fully saturated rings. The largest absolute Gasteiger partial charge is 0.343 e. The van der Waals surface area contributed by atoms with Crippen molar-refractivity contribution in [3.05, 3.63) is 54.0 Å². The van der Waals surface area contributed by atoms with Crippen LogP contribution in [0.2, 0.25) is 0 Å². The van der Waals surface area contributed by atoms with Crippen LogP contribution in [0.3, 0.4) is 0 Å². The van der Waals surface area contributed by atoms with E-state index in [0.717, 1.165) is 25.7 Å². The first-order valence-electron chi connectivity index (χ1n) is 7.00. The topological polar surface area (TPSA) is 0 Å². The van der Waals surface area contributed by atoms with E-state index in [9.17, 15) is 0 Å². The lowest BCUT2D eigenvalue weighted by molar-refractivity contribution is 0.694. The van der Waals surface area contributed by atoms with E-state index in [1.54, 1.807) is 0 Å². The van der Waals surface area contributed by atoms with Gasteiger partial charge in [-0.25, -0.2) is 0 Å². The summed E-state index contributed by atoms with van der Waals surface area (Å²) in [7, 11) is 0. The molecule has 108 valence electrons. The molecule has 0 spiro atoms. The Morgan fingerprint density at radius 1 is 0.556 bits per heavy atom. The summed E-state index contributed by atoms with van der Waals surface area (Å²) >= 11 is 0. The van der Waals surface area contributed by atoms with Crippen molar-refractivity contribution in [1.82, 2.24) is 0 Å². The molecule has 0 atom stereocenters. The van der Waals surface area contributed by atoms with Crippen LogP contribution in [0.1, 0.15) is 64.2 Å². The van der Waals surface area contributed by atoms with Crippen LogP contribution in [0.25, 0.3) is 0 Å². The standard InChI is InChI=1S/2C7H14.2C2H4/c2*1-3-5-7-6-4-2;2*1-2/h2*1-7H2;2*1-2H2. The van der Waals surface area contributed by atoms with Crippen molar-refractivity contribution in [3.63, 3.8) is 0 Å². The van der Waals surface area contributed by atoms with Gasteiger partial charge >= 0.3 is 0 Å². The van der Waals surface area contributed by atoms with Crippen molar-refractivity contribution in [2.75, 3.05) is 0 Å². The molecule has 0 N–H and O–H groups in total. The zero-order valence-corrected chi connectivity index (χ0v) is 12.7. The van der Waals surface area contributed by atoms with Crippen LogP contribution >= 0.6 is 0 Å². The van der Waals surface area contributed by atoms with Gasteiger partial charge in [-0.05, 0) is 12.8 Å². The summed E-state index contributed by atoms with van der Waals surface area (Å²) in [6.07, 6.45) is 12.1. The lowest BCUT2D eigenvalue weighted by Crippen LogP contribution is -1.71. The Hall–Kier alpha value is -0.780. The van der Waals surface area contributed by atoms with E-state index in [2.05, 4.69) is 54.0 Å². The minimum atomic E-state index is 1.08. The fraction of sp³-hybridized carbons (Fsp3) is 0.556. The molecule has 0 aliphatic heterocycles. The smallest absolute Gasteiger partial charge is 0.0850 e. The third kappa shape index (κ3) is 59.0. The van der Waals surface area contributed by atoms with Gasteiger partial charge in [0.05, 0.1) is 26.7 Å². The molecule has 0 aromatic carbocycles. The highest BCUT2D eigenvalue weighted by molar-refractivity contribution is 4.45. The summed E-state index contributed by atoms with van der Waals surface area (Å²) in [5, 5.41) is 0. The van der Waals surface area contributed by atoms with Crippen LogP contribution in [0.15, 0.2) is 26.3 Å². The Bertz CT molecular complexity index is 66.0. The third-order valence-electron chi connectivity index (χ3n) is 2.00. The summed E-state index contributed by atoms with van der Waals surface area (Å²) in [5.41, 5.74) is 0. The number of unbranched alkanes of at least 4 members (excludes halogenated alkanes) is 8. The summed E-state index contributed by atoms with van der Waals surface area (Å²) in [4.78, 5) is 0. The molecular formula is C18H36. The summed E-state index contributed by atoms with van der Waals surface area (Å²) in [5.74, 6) is 0. The second-order valence-corrected chi connectivity index (χ2v) is 3.54. The van der Waals surface area contributed by atoms with E-state index in [1.807, 2.05) is 0 Å². The van der Waals surface area contributed by atoms with Crippen molar-refractivity contribution in [3.8, 4) is 0 Å². The lowest BCUT2D eigenvalue weighted by atomic mass is 10.2. The van der Waals surface area contributed by atoms with Crippen molar-refractivity contribution in [2.45, 2.75) is 64.2 Å². The van der Waals surface area contributed by atoms with Crippen LogP contribution in [-0.2, 0) is 0 Å². The molecule has 0 unspecified atom stereocenters. The maximum Gasteiger partial charge on any atom is 0.0850 e. The Morgan fingerprint density at radius 3 is 1.00 bits per heavy atom. The molecule has 0 radical (unpaired) electrons. The van der Waals surface area contributed by atoms with Gasteiger partial charge in [-0.1, -0.05) is 25.7 Å². The van der Waals surface area contributed by atoms with Gasteiger partial charge in [0.15, 0.2) is 0 Å². The molecule has 18 heavy (non-hydrogen) atoms. The molecular weight excluding hydrogens is 216 g/mol. The fourth-order valence-electron chi connectivity index (χ4n) is 1.06. The van der Waals surface area contributed by atoms with Gasteiger partial charge < -0.3 is 13.8 Å². The van der Waals surface area contributed by atoms with Crippen molar-refractivity contribution >= 4 is 0 Å². The Balaban J connectivity index is -0.0000000851. The zero-order valence-electron chi connectivity index (χ0n) is 12.7. The van der Waals surface area contributed by atoms with Gasteiger partial charge in [-0.3, -0.25) is 0 Å². The molecule has 0 bridgehead atoms. The van der Waals surface area contributed by atoms with Crippen molar-refractivity contribution < 1.29 is 0 Å². The first-order chi connectivity index (χ1) is 8.83. The number of rotatable bonds is 8. The van der Waals surface area contributed by atoms with Gasteiger partial charge in [-0.15, -0.1) is 26.3 Å². The molecule has 0 aliphatic rings. The maximum absolute atomic E-state index is 3.74. The van der Waals surface area contributed by atoms with Crippen molar-refractivity contribution in [2.24, 2.45) is 0 Å². The number of hydrogen-bond donors (Lipinski definition) is 0. The van der Waals surface area contributed by atoms with E-state index in [-0.39, 0.29) is 0 Å². The molecule has 0 aromatic heterocycles. The molecule has 0 saturated heterocycles. The predicted octanol–water partition coefficient (Wildman–Crippen LogP) is 6.81. The predicted molar refractivity (Wildman–Crippen MR) is 90.1 cm³/mol. The van der Waals surface area contributed by atoms with E-state index < -0.39 is 0 Å². The van der Waals surface area contributed by atoms with Gasteiger partial charge in [0.2, 0.25) is 0 Å². The molecule has 0 aromatic rings. The number of hydrogen-bond acceptors (Lipinski definition) is 0. The first-order valence-corrected chi connectivity index (χ1v) is 7.00. The highest BCUT2D eigenvalue weighted by atomic mass is 13.9. The Morgan fingerprint density at radius 2 is 0.833 bits per heavy atom. The fourth-order valence-corrected chi connectivity index (χ4v) is 1.06. The minimum Gasteiger partial charge on any atom is -0.343 e. The molecule has 0 nitrogen and oxygen atoms in total. The maximum atomic E-state index is 3.74. The van der Waals surface area contributed by atoms with Crippen LogP contribution in [0, 0.1) is 27.7 Å². The van der Waals surface area contributed by atoms with E-state index in [4.69, 9.17) is 0 Å². The third-order valence-corrected chi connectivity index (χ3v) is 2.00. The molecule has 0 saturated carbocycles. The molecule has 0 heterocycles. The van der Waals surface area contributed by atoms with Gasteiger partial charge in [0.25, 0.3) is 0 Å². The second-order valence-electron chi connectivity index (χ2n) is 3.54. The summed E-state index contributed by atoms with van der Waals surface area (Å²) < 4.78 is 0. The van der Waals surface area contributed by atoms with Crippen molar-refractivity contribution in [1.29, 1.82) is 0 Å². The quantitative estimate of drug-likeness (QED) is 0.253. The van der Waals surface area contributed by atoms with Crippen LogP contribution < -0.4 is 0 Å². The second kappa shape index (κ2) is 44.2. The highest BCUT2D eigenvalue weighted by Crippen LogP contribution is 2.00. The van der Waals surface area contributed by atoms with E-state index >= 15 is 0 Å². The Kier molecular flexibility index (Phi) is 63.7. The summed E-state index contributed by atoms with van der Waals surface area (Å²) in [6, 6.07) is 0. The van der Waals surface area contributed by atoms with Crippen LogP contribution in [0.5, 0.6) is 0 Å². The molecule has 0 rings (SSSR count). The highest BCUT2D eigenvalue weighted by Gasteiger charge is 1.82. The van der Waals surface area contributed by atoms with Gasteiger partial charge in [0, 0.05) is 0 Å². The van der Waals surface area contributed by atoms with E-state index in [1.165, 1.54) is 38.5 Å². The normalized spacial score (nSPS) is 7.67. The molecule has 0 heteroatoms. The average molecular weight is 252 g/mol. The first kappa shape index (κ1) is 25.9. The SMILES string of the molecule is C=C.C=C.[CH2+]CCCCC[CH2-].[CH2+]CCCCC[CH2-]. The average Bonchev–Trinajstić information content (AvgIpc) is 2.45.